The Balaban J connectivity index is 1.59. The number of thioether (sulfide) groups is 1. The largest absolute Gasteiger partial charge is 0.329 e. The van der Waals surface area contributed by atoms with Crippen LogP contribution in [0.3, 0.4) is 0 Å². The lowest BCUT2D eigenvalue weighted by Crippen LogP contribution is -2.39. The molecule has 0 spiro atoms. The van der Waals surface area contributed by atoms with E-state index < -0.39 is 0 Å². The fourth-order valence-corrected chi connectivity index (χ4v) is 5.38. The monoisotopic (exact) mass is 436 g/mol. The van der Waals surface area contributed by atoms with E-state index >= 15 is 0 Å². The molecule has 7 heteroatoms. The number of aryl methyl sites for hydroxylation is 3. The number of aliphatic imine (C=N–C) groups is 1. The van der Waals surface area contributed by atoms with Crippen LogP contribution in [0.5, 0.6) is 0 Å². The van der Waals surface area contributed by atoms with Gasteiger partial charge in [0, 0.05) is 31.3 Å². The maximum Gasteiger partial charge on any atom is 0.329 e. The average Bonchev–Trinajstić information content (AvgIpc) is 3.29. The highest BCUT2D eigenvalue weighted by Crippen LogP contribution is 2.30. The number of imidazole rings is 1. The number of fused-ring (bicyclic) bond motifs is 1. The molecule has 1 amide bonds. The normalized spacial score (nSPS) is 17.7. The van der Waals surface area contributed by atoms with Gasteiger partial charge >= 0.3 is 5.69 Å². The molecule has 6 nitrogen and oxygen atoms in total. The summed E-state index contributed by atoms with van der Waals surface area (Å²) in [7, 11) is 0. The van der Waals surface area contributed by atoms with Crippen LogP contribution in [0.4, 0.5) is 5.69 Å². The van der Waals surface area contributed by atoms with Crippen LogP contribution >= 0.6 is 11.8 Å². The van der Waals surface area contributed by atoms with Crippen molar-refractivity contribution in [3.05, 3.63) is 64.6 Å². The second-order valence-electron chi connectivity index (χ2n) is 7.79. The fraction of sp³-hybridized carbons (Fsp3) is 0.375. The quantitative estimate of drug-likeness (QED) is 0.569. The Morgan fingerprint density at radius 3 is 2.52 bits per heavy atom. The highest BCUT2D eigenvalue weighted by molar-refractivity contribution is 8.14. The van der Waals surface area contributed by atoms with Gasteiger partial charge in [-0.1, -0.05) is 43.0 Å². The lowest BCUT2D eigenvalue weighted by atomic mass is 10.2. The van der Waals surface area contributed by atoms with Gasteiger partial charge in [0.15, 0.2) is 5.17 Å². The summed E-state index contributed by atoms with van der Waals surface area (Å²) < 4.78 is 3.48. The molecule has 4 rings (SSSR count). The molecule has 1 unspecified atom stereocenters. The van der Waals surface area contributed by atoms with Crippen LogP contribution in [0.2, 0.25) is 0 Å². The standard InChI is InChI=1S/C24H28N4O2S/c1-4-19-16-31-23(25-18-10-8-9-17(3)15-18)28(19)22(29)13-14-27-21-12-7-6-11-20(21)26(5-2)24(27)30/h6-12,15,19H,4-5,13-14,16H2,1-3H3. The minimum absolute atomic E-state index is 0.0171. The molecule has 0 bridgehead atoms. The third-order valence-corrected chi connectivity index (χ3v) is 6.83. The number of para-hydroxylation sites is 2. The molecule has 2 aromatic carbocycles. The SMILES string of the molecule is CCC1CSC(=Nc2cccc(C)c2)N1C(=O)CCn1c(=O)n(CC)c2ccccc21. The smallest absolute Gasteiger partial charge is 0.292 e. The highest BCUT2D eigenvalue weighted by atomic mass is 32.2. The minimum atomic E-state index is -0.0620. The lowest BCUT2D eigenvalue weighted by Gasteiger charge is -2.23. The summed E-state index contributed by atoms with van der Waals surface area (Å²) in [6, 6.07) is 15.9. The summed E-state index contributed by atoms with van der Waals surface area (Å²) in [6.45, 7) is 7.06. The number of hydrogen-bond acceptors (Lipinski definition) is 4. The van der Waals surface area contributed by atoms with Crippen LogP contribution in [-0.2, 0) is 17.9 Å². The van der Waals surface area contributed by atoms with E-state index in [2.05, 4.69) is 6.92 Å². The Morgan fingerprint density at radius 2 is 1.84 bits per heavy atom. The topological polar surface area (TPSA) is 59.6 Å². The number of carbonyl (C=O) groups excluding carboxylic acids is 1. The molecule has 2 heterocycles. The van der Waals surface area contributed by atoms with E-state index in [0.717, 1.165) is 39.6 Å². The number of hydrogen-bond donors (Lipinski definition) is 0. The van der Waals surface area contributed by atoms with Gasteiger partial charge in [-0.3, -0.25) is 18.8 Å². The molecule has 31 heavy (non-hydrogen) atoms. The predicted octanol–water partition coefficient (Wildman–Crippen LogP) is 4.56. The average molecular weight is 437 g/mol. The predicted molar refractivity (Wildman–Crippen MR) is 128 cm³/mol. The van der Waals surface area contributed by atoms with Gasteiger partial charge in [0.1, 0.15) is 0 Å². The minimum Gasteiger partial charge on any atom is -0.292 e. The number of aromatic nitrogens is 2. The van der Waals surface area contributed by atoms with E-state index in [1.54, 1.807) is 20.9 Å². The van der Waals surface area contributed by atoms with Crippen molar-refractivity contribution in [3.8, 4) is 0 Å². The molecule has 1 saturated heterocycles. The van der Waals surface area contributed by atoms with Crippen molar-refractivity contribution in [2.24, 2.45) is 4.99 Å². The number of nitrogens with zero attached hydrogens (tertiary/aromatic N) is 4. The molecular formula is C24H28N4O2S. The van der Waals surface area contributed by atoms with E-state index in [-0.39, 0.29) is 24.1 Å². The number of amidine groups is 1. The zero-order valence-corrected chi connectivity index (χ0v) is 19.1. The molecule has 1 fully saturated rings. The molecule has 1 aliphatic rings. The molecular weight excluding hydrogens is 408 g/mol. The van der Waals surface area contributed by atoms with E-state index in [4.69, 9.17) is 4.99 Å². The third-order valence-electron chi connectivity index (χ3n) is 5.73. The Labute approximate surface area is 186 Å². The van der Waals surface area contributed by atoms with E-state index in [9.17, 15) is 9.59 Å². The molecule has 0 aliphatic carbocycles. The van der Waals surface area contributed by atoms with Crippen molar-refractivity contribution >= 4 is 39.6 Å². The second kappa shape index (κ2) is 9.14. The van der Waals surface area contributed by atoms with Crippen LogP contribution in [0.15, 0.2) is 58.3 Å². The van der Waals surface area contributed by atoms with Crippen molar-refractivity contribution in [3.63, 3.8) is 0 Å². The van der Waals surface area contributed by atoms with Gasteiger partial charge < -0.3 is 0 Å². The second-order valence-corrected chi connectivity index (χ2v) is 8.77. The number of amides is 1. The maximum absolute atomic E-state index is 13.3. The summed E-state index contributed by atoms with van der Waals surface area (Å²) in [5.74, 6) is 0.866. The number of rotatable bonds is 6. The Kier molecular flexibility index (Phi) is 6.32. The van der Waals surface area contributed by atoms with E-state index in [1.807, 2.05) is 67.3 Å². The summed E-state index contributed by atoms with van der Waals surface area (Å²) in [5.41, 5.74) is 3.72. The van der Waals surface area contributed by atoms with E-state index in [1.165, 1.54) is 0 Å². The zero-order chi connectivity index (χ0) is 22.0. The molecule has 1 aliphatic heterocycles. The van der Waals surface area contributed by atoms with Crippen molar-refractivity contribution in [2.75, 3.05) is 5.75 Å². The molecule has 1 atom stereocenters. The molecule has 3 aromatic rings. The van der Waals surface area contributed by atoms with Gasteiger partial charge in [0.25, 0.3) is 0 Å². The molecule has 0 saturated carbocycles. The van der Waals surface area contributed by atoms with Crippen molar-refractivity contribution < 1.29 is 4.79 Å². The van der Waals surface area contributed by atoms with Gasteiger partial charge in [0.2, 0.25) is 5.91 Å². The molecule has 0 radical (unpaired) electrons. The first-order valence-corrected chi connectivity index (χ1v) is 11.8. The summed E-state index contributed by atoms with van der Waals surface area (Å²) in [4.78, 5) is 32.8. The molecule has 1 aromatic heterocycles. The van der Waals surface area contributed by atoms with Crippen molar-refractivity contribution in [2.45, 2.75) is 52.7 Å². The third kappa shape index (κ3) is 4.19. The van der Waals surface area contributed by atoms with E-state index in [0.29, 0.717) is 13.1 Å². The Hall–Kier alpha value is -2.80. The summed E-state index contributed by atoms with van der Waals surface area (Å²) in [5, 5.41) is 0.755. The van der Waals surface area contributed by atoms with Gasteiger partial charge in [-0.25, -0.2) is 9.79 Å². The first kappa shape index (κ1) is 21.4. The van der Waals surface area contributed by atoms with Crippen LogP contribution in [0.25, 0.3) is 11.0 Å². The molecule has 162 valence electrons. The van der Waals surface area contributed by atoms with Crippen LogP contribution < -0.4 is 5.69 Å². The first-order valence-electron chi connectivity index (χ1n) is 10.8. The van der Waals surface area contributed by atoms with Crippen molar-refractivity contribution in [1.29, 1.82) is 0 Å². The van der Waals surface area contributed by atoms with Crippen molar-refractivity contribution in [1.82, 2.24) is 14.0 Å². The zero-order valence-electron chi connectivity index (χ0n) is 18.2. The number of benzene rings is 2. The van der Waals surface area contributed by atoms with Crippen LogP contribution in [0.1, 0.15) is 32.3 Å². The fourth-order valence-electron chi connectivity index (χ4n) is 4.10. The number of carbonyl (C=O) groups is 1. The Morgan fingerprint density at radius 1 is 1.10 bits per heavy atom. The van der Waals surface area contributed by atoms with Gasteiger partial charge in [0.05, 0.1) is 16.7 Å². The van der Waals surface area contributed by atoms with Crippen LogP contribution in [-0.4, -0.2) is 36.9 Å². The lowest BCUT2D eigenvalue weighted by molar-refractivity contribution is -0.128. The summed E-state index contributed by atoms with van der Waals surface area (Å²) >= 11 is 1.63. The molecule has 0 N–H and O–H groups in total. The highest BCUT2D eigenvalue weighted by Gasteiger charge is 2.33. The Bertz CT molecular complexity index is 1190. The van der Waals surface area contributed by atoms with Gasteiger partial charge in [-0.2, -0.15) is 0 Å². The van der Waals surface area contributed by atoms with Gasteiger partial charge in [-0.05, 0) is 50.1 Å². The van der Waals surface area contributed by atoms with Gasteiger partial charge in [-0.15, -0.1) is 0 Å². The summed E-state index contributed by atoms with van der Waals surface area (Å²) in [6.07, 6.45) is 1.14. The first-order chi connectivity index (χ1) is 15.0. The van der Waals surface area contributed by atoms with Crippen LogP contribution in [0, 0.1) is 6.92 Å². The maximum atomic E-state index is 13.3.